The molecule has 4 aliphatic heterocycles. The maximum Gasteiger partial charge on any atom is 0.494 e. The highest BCUT2D eigenvalue weighted by Gasteiger charge is 2.55. The molecular weight excluding hydrogens is 1040 g/mol. The van der Waals surface area contributed by atoms with Gasteiger partial charge in [0.1, 0.15) is 0 Å². The van der Waals surface area contributed by atoms with E-state index in [1.165, 1.54) is 0 Å². The van der Waals surface area contributed by atoms with Gasteiger partial charge in [-0.25, -0.2) is 0 Å². The Kier molecular flexibility index (Phi) is 15.4. The fourth-order valence-electron chi connectivity index (χ4n) is 10.5. The number of hydrogen-bond acceptors (Lipinski definition) is 10. The van der Waals surface area contributed by atoms with Gasteiger partial charge in [-0.1, -0.05) is 121 Å². The van der Waals surface area contributed by atoms with Crippen molar-refractivity contribution in [1.82, 2.24) is 0 Å². The van der Waals surface area contributed by atoms with Crippen LogP contribution < -0.4 is 31.7 Å². The smallest absolute Gasteiger partial charge is 0.399 e. The highest BCUT2D eigenvalue weighted by Crippen LogP contribution is 2.42. The first-order valence-electron chi connectivity index (χ1n) is 29.6. The molecule has 0 N–H and O–H groups in total. The highest BCUT2D eigenvalue weighted by molar-refractivity contribution is 6.63. The first kappa shape index (κ1) is 59.3. The second kappa shape index (κ2) is 21.8. The molecule has 0 atom stereocenters. The predicted octanol–water partition coefficient (Wildman–Crippen LogP) is 14.2. The fourth-order valence-corrected chi connectivity index (χ4v) is 10.5. The molecule has 0 aromatic heterocycles. The molecule has 0 bridgehead atoms. The summed E-state index contributed by atoms with van der Waals surface area (Å²) < 4.78 is 51.2. The largest absolute Gasteiger partial charge is 0.494 e. The third-order valence-electron chi connectivity index (χ3n) is 18.9. The molecule has 4 fully saturated rings. The van der Waals surface area contributed by atoms with Gasteiger partial charge < -0.3 is 47.0 Å². The molecule has 7 aromatic rings. The van der Waals surface area contributed by atoms with Crippen LogP contribution in [0.1, 0.15) is 133 Å². The molecule has 4 saturated heterocycles. The van der Waals surface area contributed by atoms with Crippen molar-refractivity contribution in [2.45, 2.75) is 156 Å². The summed E-state index contributed by atoms with van der Waals surface area (Å²) in [6, 6.07) is 59.8. The Hall–Kier alpha value is -6.44. The minimum absolute atomic E-state index is 0.428. The number of hydrogen-bond donors (Lipinski definition) is 0. The van der Waals surface area contributed by atoms with Crippen LogP contribution in [0.2, 0.25) is 0 Å². The molecule has 14 heteroatoms. The van der Waals surface area contributed by atoms with Crippen molar-refractivity contribution in [2.75, 3.05) is 9.80 Å². The van der Waals surface area contributed by atoms with E-state index in [0.29, 0.717) is 0 Å². The summed E-state index contributed by atoms with van der Waals surface area (Å²) in [6.07, 6.45) is 8.63. The Morgan fingerprint density at radius 3 is 0.500 bits per heavy atom. The third-order valence-corrected chi connectivity index (χ3v) is 18.9. The SMILES string of the molecule is CC1(C)OB(c2ccc(N(c3ccc(C=Cc4ccc(C=Cc5ccc(N(c6ccc(B7OC(C)(C)C(C)(C)O7)cc6)c6ccc(B7OC(C)(C)C(C)(C)O7)cc6)cc5)cc4)cc3)c3ccc(B4OC(C)(C)C(C)(C)O4)cc3)cc2)OC1(C)C. The minimum Gasteiger partial charge on any atom is -0.399 e. The monoisotopic (exact) mass is 1120 g/mol. The number of rotatable bonds is 14. The van der Waals surface area contributed by atoms with Crippen LogP contribution in [-0.2, 0) is 37.2 Å². The Morgan fingerprint density at radius 1 is 0.214 bits per heavy atom. The average molecular weight is 1120 g/mol. The van der Waals surface area contributed by atoms with E-state index in [1.807, 2.05) is 0 Å². The van der Waals surface area contributed by atoms with Gasteiger partial charge in [0, 0.05) is 34.1 Å². The summed E-state index contributed by atoms with van der Waals surface area (Å²) in [5, 5.41) is 0. The lowest BCUT2D eigenvalue weighted by Crippen LogP contribution is -2.41. The number of anilines is 6. The number of benzene rings is 7. The fraction of sp³-hybridized carbons (Fsp3) is 0.343. The molecule has 430 valence electrons. The molecule has 7 aromatic carbocycles. The normalized spacial score (nSPS) is 20.6. The van der Waals surface area contributed by atoms with E-state index < -0.39 is 73.3 Å². The molecule has 4 heterocycles. The van der Waals surface area contributed by atoms with Gasteiger partial charge in [-0.2, -0.15) is 0 Å². The molecule has 0 spiro atoms. The van der Waals surface area contributed by atoms with Crippen LogP contribution in [0.5, 0.6) is 0 Å². The van der Waals surface area contributed by atoms with Crippen LogP contribution in [0, 0.1) is 0 Å². The maximum absolute atomic E-state index is 6.40. The Bertz CT molecular complexity index is 3070. The van der Waals surface area contributed by atoms with Gasteiger partial charge >= 0.3 is 28.5 Å². The second-order valence-corrected chi connectivity index (χ2v) is 26.9. The first-order valence-corrected chi connectivity index (χ1v) is 29.6. The van der Waals surface area contributed by atoms with Crippen LogP contribution in [0.4, 0.5) is 34.1 Å². The highest BCUT2D eigenvalue weighted by atomic mass is 16.7. The summed E-state index contributed by atoms with van der Waals surface area (Å²) in [6.45, 7) is 33.3. The third kappa shape index (κ3) is 11.7. The number of nitrogens with zero attached hydrogens (tertiary/aromatic N) is 2. The molecular formula is C70H80B4N2O8. The second-order valence-electron chi connectivity index (χ2n) is 26.9. The van der Waals surface area contributed by atoms with Crippen molar-refractivity contribution in [3.63, 3.8) is 0 Å². The first-order chi connectivity index (χ1) is 39.5. The van der Waals surface area contributed by atoms with Crippen molar-refractivity contribution < 1.29 is 37.2 Å². The van der Waals surface area contributed by atoms with E-state index in [2.05, 4.69) is 315 Å². The van der Waals surface area contributed by atoms with Crippen molar-refractivity contribution in [3.05, 3.63) is 192 Å². The molecule has 0 unspecified atom stereocenters. The molecule has 0 aliphatic carbocycles. The van der Waals surface area contributed by atoms with Crippen LogP contribution in [0.25, 0.3) is 24.3 Å². The summed E-state index contributed by atoms with van der Waals surface area (Å²) in [5.74, 6) is 0. The van der Waals surface area contributed by atoms with E-state index in [1.54, 1.807) is 0 Å². The maximum atomic E-state index is 6.40. The van der Waals surface area contributed by atoms with Crippen molar-refractivity contribution in [3.8, 4) is 0 Å². The molecule has 0 amide bonds. The minimum atomic E-state index is -0.448. The van der Waals surface area contributed by atoms with Crippen LogP contribution in [0.15, 0.2) is 170 Å². The summed E-state index contributed by atoms with van der Waals surface area (Å²) in [5.41, 5.74) is 11.0. The van der Waals surface area contributed by atoms with E-state index >= 15 is 0 Å². The van der Waals surface area contributed by atoms with E-state index in [9.17, 15) is 0 Å². The van der Waals surface area contributed by atoms with E-state index in [0.717, 1.165) is 78.2 Å². The molecule has 11 rings (SSSR count). The molecule has 10 nitrogen and oxygen atoms in total. The van der Waals surface area contributed by atoms with Gasteiger partial charge in [0.05, 0.1) is 44.8 Å². The van der Waals surface area contributed by atoms with E-state index in [-0.39, 0.29) is 0 Å². The van der Waals surface area contributed by atoms with Gasteiger partial charge in [-0.3, -0.25) is 0 Å². The Morgan fingerprint density at radius 2 is 0.345 bits per heavy atom. The molecule has 0 saturated carbocycles. The van der Waals surface area contributed by atoms with Crippen molar-refractivity contribution in [2.24, 2.45) is 0 Å². The lowest BCUT2D eigenvalue weighted by Gasteiger charge is -2.32. The van der Waals surface area contributed by atoms with Gasteiger partial charge in [0.15, 0.2) is 0 Å². The lowest BCUT2D eigenvalue weighted by atomic mass is 9.79. The predicted molar refractivity (Wildman–Crippen MR) is 349 cm³/mol. The zero-order valence-corrected chi connectivity index (χ0v) is 51.9. The van der Waals surface area contributed by atoms with Crippen molar-refractivity contribution >= 4 is 109 Å². The zero-order valence-electron chi connectivity index (χ0n) is 51.9. The summed E-state index contributed by atoms with van der Waals surface area (Å²) >= 11 is 0. The summed E-state index contributed by atoms with van der Waals surface area (Å²) in [7, 11) is -1.79. The average Bonchev–Trinajstić information content (AvgIpc) is 2.05. The Balaban J connectivity index is 0.780. The van der Waals surface area contributed by atoms with Crippen LogP contribution in [-0.4, -0.2) is 73.3 Å². The Labute approximate surface area is 501 Å². The van der Waals surface area contributed by atoms with Crippen LogP contribution in [0.3, 0.4) is 0 Å². The molecule has 4 aliphatic rings. The van der Waals surface area contributed by atoms with Gasteiger partial charge in [0.25, 0.3) is 0 Å². The molecule has 0 radical (unpaired) electrons. The molecule has 84 heavy (non-hydrogen) atoms. The quantitative estimate of drug-likeness (QED) is 0.0776. The topological polar surface area (TPSA) is 80.3 Å². The van der Waals surface area contributed by atoms with Crippen molar-refractivity contribution in [1.29, 1.82) is 0 Å². The zero-order chi connectivity index (χ0) is 59.8. The van der Waals surface area contributed by atoms with Crippen LogP contribution >= 0.6 is 0 Å². The van der Waals surface area contributed by atoms with Gasteiger partial charge in [-0.05, 0) is 228 Å². The van der Waals surface area contributed by atoms with Gasteiger partial charge in [-0.15, -0.1) is 0 Å². The summed E-state index contributed by atoms with van der Waals surface area (Å²) in [4.78, 5) is 4.52. The standard InChI is InChI=1S/C70H80B4N2O8/c1-63(2)64(3,4)78-71(77-63)53-29-41-59(42-30-53)75(60-43-31-54(32-44-60)72-79-65(5,6)66(7,8)80-72)57-37-25-51(26-38-57)23-21-49-17-19-50(20-18-49)22-24-52-27-39-58(40-28-52)76(61-45-33-55(34-46-61)73-81-67(9,10)68(11,12)82-73)62-47-35-56(36-48-62)74-83-69(13,14)70(15,16)84-74/h17-48H,1-16H3. The van der Waals surface area contributed by atoms with Gasteiger partial charge in [0.2, 0.25) is 0 Å². The lowest BCUT2D eigenvalue weighted by molar-refractivity contribution is 0.00578. The van der Waals surface area contributed by atoms with E-state index in [4.69, 9.17) is 37.2 Å².